The van der Waals surface area contributed by atoms with E-state index in [-0.39, 0.29) is 36.1 Å². The van der Waals surface area contributed by atoms with Crippen molar-refractivity contribution in [1.29, 1.82) is 5.26 Å². The van der Waals surface area contributed by atoms with Gasteiger partial charge in [0.15, 0.2) is 5.11 Å². The van der Waals surface area contributed by atoms with Gasteiger partial charge in [0.05, 0.1) is 29.9 Å². The predicted octanol–water partition coefficient (Wildman–Crippen LogP) is 6.73. The van der Waals surface area contributed by atoms with Crippen LogP contribution in [0.5, 0.6) is 0 Å². The second-order valence-corrected chi connectivity index (χ2v) is 11.2. The van der Waals surface area contributed by atoms with E-state index in [0.29, 0.717) is 28.5 Å². The third-order valence-electron chi connectivity index (χ3n) is 6.87. The van der Waals surface area contributed by atoms with Gasteiger partial charge in [-0.15, -0.1) is 0 Å². The van der Waals surface area contributed by atoms with Gasteiger partial charge in [0.25, 0.3) is 0 Å². The van der Waals surface area contributed by atoms with Crippen molar-refractivity contribution in [3.8, 4) is 6.07 Å². The van der Waals surface area contributed by atoms with E-state index in [1.54, 1.807) is 54.7 Å². The number of halogens is 4. The summed E-state index contributed by atoms with van der Waals surface area (Å²) in [4.78, 5) is 18.8. The highest BCUT2D eigenvalue weighted by Gasteiger charge is 2.33. The number of imidazole rings is 1. The predicted molar refractivity (Wildman–Crippen MR) is 168 cm³/mol. The van der Waals surface area contributed by atoms with Crippen molar-refractivity contribution in [2.45, 2.75) is 45.6 Å². The van der Waals surface area contributed by atoms with E-state index in [1.165, 1.54) is 12.1 Å². The number of alkyl halides is 3. The summed E-state index contributed by atoms with van der Waals surface area (Å²) in [6.45, 7) is 4.08. The highest BCUT2D eigenvalue weighted by Crippen LogP contribution is 2.32. The zero-order valence-electron chi connectivity index (χ0n) is 24.0. The minimum Gasteiger partial charge on any atom is -0.352 e. The van der Waals surface area contributed by atoms with Gasteiger partial charge in [0.1, 0.15) is 0 Å². The zero-order valence-corrected chi connectivity index (χ0v) is 25.6. The molecule has 0 spiro atoms. The number of aryl methyl sites for hydroxylation is 1. The number of rotatable bonds is 10. The first-order valence-corrected chi connectivity index (χ1v) is 14.5. The Labute approximate surface area is 264 Å². The molecule has 4 rings (SSSR count). The maximum atomic E-state index is 13.8. The number of carbonyl (C=O) groups is 1. The second-order valence-electron chi connectivity index (χ2n) is 10.4. The summed E-state index contributed by atoms with van der Waals surface area (Å²) in [5.41, 5.74) is 2.95. The molecule has 44 heavy (non-hydrogen) atoms. The van der Waals surface area contributed by atoms with Gasteiger partial charge in [-0.3, -0.25) is 4.79 Å². The van der Waals surface area contributed by atoms with E-state index in [9.17, 15) is 18.0 Å². The average Bonchev–Trinajstić information content (AvgIpc) is 3.40. The number of hydrogen-bond acceptors (Lipinski definition) is 4. The van der Waals surface area contributed by atoms with Crippen LogP contribution in [0.1, 0.15) is 40.4 Å². The van der Waals surface area contributed by atoms with Gasteiger partial charge in [0, 0.05) is 48.3 Å². The molecule has 0 aliphatic rings. The summed E-state index contributed by atoms with van der Waals surface area (Å²) in [5.74, 6) is -0.279. The van der Waals surface area contributed by atoms with Crippen LogP contribution in [0.25, 0.3) is 0 Å². The maximum Gasteiger partial charge on any atom is 0.416 e. The van der Waals surface area contributed by atoms with Crippen molar-refractivity contribution < 1.29 is 18.0 Å². The summed E-state index contributed by atoms with van der Waals surface area (Å²) in [6, 6.07) is 19.4. The Morgan fingerprint density at radius 1 is 1.16 bits per heavy atom. The molecule has 0 bridgehead atoms. The first-order valence-electron chi connectivity index (χ1n) is 13.7. The summed E-state index contributed by atoms with van der Waals surface area (Å²) >= 11 is 11.9. The third-order valence-corrected chi connectivity index (χ3v) is 7.64. The van der Waals surface area contributed by atoms with Crippen molar-refractivity contribution in [1.82, 2.24) is 19.8 Å². The number of carbonyl (C=O) groups excluding carboxylic acids is 1. The summed E-state index contributed by atoms with van der Waals surface area (Å²) < 4.78 is 43.2. The molecule has 2 N–H and O–H groups in total. The monoisotopic (exact) mass is 638 g/mol. The number of benzene rings is 3. The third kappa shape index (κ3) is 8.81. The van der Waals surface area contributed by atoms with Gasteiger partial charge in [-0.2, -0.15) is 18.4 Å². The lowest BCUT2D eigenvalue weighted by atomic mass is 10.1. The molecule has 4 aromatic rings. The number of amides is 1. The smallest absolute Gasteiger partial charge is 0.352 e. The van der Waals surface area contributed by atoms with Crippen molar-refractivity contribution in [3.63, 3.8) is 0 Å². The molecule has 1 heterocycles. The molecular formula is C32H30ClF3N6OS. The molecule has 12 heteroatoms. The van der Waals surface area contributed by atoms with Gasteiger partial charge >= 0.3 is 6.18 Å². The van der Waals surface area contributed by atoms with Gasteiger partial charge < -0.3 is 20.1 Å². The Hall–Kier alpha value is -4.40. The minimum absolute atomic E-state index is 0.0437. The molecule has 0 saturated heterocycles. The zero-order chi connectivity index (χ0) is 31.9. The molecule has 0 aliphatic carbocycles. The largest absolute Gasteiger partial charge is 0.416 e. The molecule has 7 nitrogen and oxygen atoms in total. The summed E-state index contributed by atoms with van der Waals surface area (Å²) in [7, 11) is 0. The van der Waals surface area contributed by atoms with Crippen LogP contribution >= 0.6 is 23.8 Å². The number of aromatic nitrogens is 2. The van der Waals surface area contributed by atoms with Crippen LogP contribution in [0.3, 0.4) is 0 Å². The topological polar surface area (TPSA) is 86.0 Å². The van der Waals surface area contributed by atoms with Crippen LogP contribution in [-0.4, -0.2) is 38.1 Å². The number of thiocarbonyl (C=S) groups is 1. The van der Waals surface area contributed by atoms with E-state index in [1.807, 2.05) is 29.7 Å². The molecule has 0 unspecified atom stereocenters. The molecular weight excluding hydrogens is 609 g/mol. The maximum absolute atomic E-state index is 13.8. The van der Waals surface area contributed by atoms with Gasteiger partial charge in [-0.1, -0.05) is 48.0 Å². The highest BCUT2D eigenvalue weighted by molar-refractivity contribution is 7.80. The van der Waals surface area contributed by atoms with Crippen LogP contribution in [-0.2, 0) is 30.5 Å². The van der Waals surface area contributed by atoms with Gasteiger partial charge in [-0.05, 0) is 73.1 Å². The Morgan fingerprint density at radius 2 is 1.89 bits per heavy atom. The SMILES string of the molecule is Cc1ccc(NC(=S)N(Cc2ccccc2C(F)(F)F)C[C@H](C)NC(=O)Cc2cncn2Cc2ccc(C#N)cc2)cc1Cl. The van der Waals surface area contributed by atoms with E-state index in [2.05, 4.69) is 21.7 Å². The van der Waals surface area contributed by atoms with Crippen molar-refractivity contribution >= 4 is 40.5 Å². The molecule has 0 saturated carbocycles. The van der Waals surface area contributed by atoms with Crippen molar-refractivity contribution in [2.75, 3.05) is 11.9 Å². The lowest BCUT2D eigenvalue weighted by Gasteiger charge is -2.30. The standard InChI is InChI=1S/C32H30ClF3N6OS/c1-21-7-12-26(13-29(21)33)40-31(44)41(19-25-5-3-4-6-28(25)32(34,35)36)17-22(2)39-30(43)14-27-16-38-20-42(27)18-24-10-8-23(15-37)9-11-24/h3-13,16,20,22H,14,17-19H2,1-2H3,(H,39,43)(H,40,44)/t22-/m0/s1. The van der Waals surface area contributed by atoms with Crippen LogP contribution < -0.4 is 10.6 Å². The molecule has 1 atom stereocenters. The first-order chi connectivity index (χ1) is 20.9. The Kier molecular flexibility index (Phi) is 10.6. The number of nitrogens with one attached hydrogen (secondary N) is 2. The molecule has 3 aromatic carbocycles. The molecule has 228 valence electrons. The van der Waals surface area contributed by atoms with Gasteiger partial charge in [0.2, 0.25) is 5.91 Å². The molecule has 0 fully saturated rings. The normalized spacial score (nSPS) is 11.8. The number of anilines is 1. The lowest BCUT2D eigenvalue weighted by molar-refractivity contribution is -0.138. The average molecular weight is 639 g/mol. The van der Waals surface area contributed by atoms with Crippen molar-refractivity contribution in [3.05, 3.63) is 118 Å². The number of nitrogens with zero attached hydrogens (tertiary/aromatic N) is 4. The van der Waals surface area contributed by atoms with Crippen LogP contribution in [0.4, 0.5) is 18.9 Å². The number of hydrogen-bond donors (Lipinski definition) is 2. The fraction of sp³-hybridized carbons (Fsp3) is 0.250. The second kappa shape index (κ2) is 14.4. The van der Waals surface area contributed by atoms with Crippen LogP contribution in [0.15, 0.2) is 79.3 Å². The first kappa shape index (κ1) is 32.5. The lowest BCUT2D eigenvalue weighted by Crippen LogP contribution is -2.46. The molecule has 0 radical (unpaired) electrons. The van der Waals surface area contributed by atoms with E-state index in [4.69, 9.17) is 29.1 Å². The van der Waals surface area contributed by atoms with Crippen molar-refractivity contribution in [2.24, 2.45) is 0 Å². The van der Waals surface area contributed by atoms with E-state index in [0.717, 1.165) is 17.2 Å². The Balaban J connectivity index is 1.46. The van der Waals surface area contributed by atoms with E-state index < -0.39 is 17.8 Å². The van der Waals surface area contributed by atoms with E-state index >= 15 is 0 Å². The fourth-order valence-corrected chi connectivity index (χ4v) is 5.06. The highest BCUT2D eigenvalue weighted by atomic mass is 35.5. The summed E-state index contributed by atoms with van der Waals surface area (Å²) in [6.07, 6.45) is -1.25. The Bertz CT molecular complexity index is 1670. The quantitative estimate of drug-likeness (QED) is 0.187. The van der Waals surface area contributed by atoms with Gasteiger partial charge in [-0.25, -0.2) is 4.98 Å². The fourth-order valence-electron chi connectivity index (χ4n) is 4.62. The Morgan fingerprint density at radius 3 is 2.57 bits per heavy atom. The minimum atomic E-state index is -4.54. The summed E-state index contributed by atoms with van der Waals surface area (Å²) in [5, 5.41) is 15.7. The molecule has 1 aromatic heterocycles. The van der Waals surface area contributed by atoms with Crippen LogP contribution in [0, 0.1) is 18.3 Å². The number of nitriles is 1. The molecule has 0 aliphatic heterocycles. The van der Waals surface area contributed by atoms with Crippen LogP contribution in [0.2, 0.25) is 5.02 Å². The molecule has 1 amide bonds.